The third kappa shape index (κ3) is 5.39. The van der Waals surface area contributed by atoms with Gasteiger partial charge >= 0.3 is 0 Å². The van der Waals surface area contributed by atoms with Crippen LogP contribution in [0, 0.1) is 0 Å². The average molecular weight is 686 g/mol. The van der Waals surface area contributed by atoms with Gasteiger partial charge in [-0.1, -0.05) is 121 Å². The quantitative estimate of drug-likeness (QED) is 0.168. The summed E-state index contributed by atoms with van der Waals surface area (Å²) < 4.78 is 5.36. The molecular formula is C48H31NS2. The monoisotopic (exact) mass is 685 g/mol. The molecule has 10 rings (SSSR count). The lowest BCUT2D eigenvalue weighted by Gasteiger charge is -2.27. The molecular weight excluding hydrogens is 655 g/mol. The van der Waals surface area contributed by atoms with Crippen molar-refractivity contribution < 1.29 is 0 Å². The summed E-state index contributed by atoms with van der Waals surface area (Å²) in [7, 11) is 0. The lowest BCUT2D eigenvalue weighted by molar-refractivity contribution is 1.28. The molecule has 0 bridgehead atoms. The van der Waals surface area contributed by atoms with E-state index in [2.05, 4.69) is 193 Å². The fourth-order valence-electron chi connectivity index (χ4n) is 7.36. The summed E-state index contributed by atoms with van der Waals surface area (Å²) in [6.45, 7) is 0. The van der Waals surface area contributed by atoms with E-state index in [-0.39, 0.29) is 0 Å². The number of nitrogens with zero attached hydrogens (tertiary/aromatic N) is 1. The van der Waals surface area contributed by atoms with Crippen LogP contribution in [0.25, 0.3) is 73.7 Å². The lowest BCUT2D eigenvalue weighted by atomic mass is 10.0. The molecule has 2 heterocycles. The van der Waals surface area contributed by atoms with Gasteiger partial charge < -0.3 is 4.90 Å². The lowest BCUT2D eigenvalue weighted by Crippen LogP contribution is -2.10. The van der Waals surface area contributed by atoms with Crippen molar-refractivity contribution in [2.24, 2.45) is 0 Å². The van der Waals surface area contributed by atoms with Crippen molar-refractivity contribution in [2.75, 3.05) is 4.90 Å². The van der Waals surface area contributed by atoms with Crippen LogP contribution in [-0.2, 0) is 0 Å². The molecule has 0 aliphatic rings. The topological polar surface area (TPSA) is 3.24 Å². The maximum Gasteiger partial charge on any atom is 0.0467 e. The van der Waals surface area contributed by atoms with Gasteiger partial charge in [-0.15, -0.1) is 22.7 Å². The number of benzene rings is 8. The normalized spacial score (nSPS) is 11.5. The molecule has 0 fully saturated rings. The average Bonchev–Trinajstić information content (AvgIpc) is 3.75. The van der Waals surface area contributed by atoms with Gasteiger partial charge in [-0.25, -0.2) is 0 Å². The third-order valence-electron chi connectivity index (χ3n) is 9.83. The first-order valence-electron chi connectivity index (χ1n) is 17.2. The summed E-state index contributed by atoms with van der Waals surface area (Å²) in [5.41, 5.74) is 10.6. The SMILES string of the molecule is c1ccc(-c2cccc(N(c3cccc(-c4ccccc4)c3)c3cccc(-c4ccc5sc6cc7c(cc6c5c4)sc4ccccc47)c3)c2)cc1. The number of hydrogen-bond acceptors (Lipinski definition) is 3. The molecule has 8 aromatic carbocycles. The second-order valence-electron chi connectivity index (χ2n) is 13.0. The molecule has 51 heavy (non-hydrogen) atoms. The van der Waals surface area contributed by atoms with Crippen molar-refractivity contribution in [1.29, 1.82) is 0 Å². The van der Waals surface area contributed by atoms with E-state index in [0.717, 1.165) is 17.1 Å². The molecule has 3 heteroatoms. The Hall–Kier alpha value is -6.00. The molecule has 0 aliphatic heterocycles. The summed E-state index contributed by atoms with van der Waals surface area (Å²) in [6.07, 6.45) is 0. The molecule has 2 aromatic heterocycles. The van der Waals surface area contributed by atoms with Crippen LogP contribution in [0.4, 0.5) is 17.1 Å². The predicted molar refractivity (Wildman–Crippen MR) is 223 cm³/mol. The Kier molecular flexibility index (Phi) is 7.26. The zero-order chi connectivity index (χ0) is 33.7. The molecule has 10 aromatic rings. The van der Waals surface area contributed by atoms with Crippen molar-refractivity contribution in [3.8, 4) is 33.4 Å². The summed E-state index contributed by atoms with van der Waals surface area (Å²) in [4.78, 5) is 2.39. The van der Waals surface area contributed by atoms with Gasteiger partial charge in [0.25, 0.3) is 0 Å². The Bertz CT molecular complexity index is 2780. The Morgan fingerprint density at radius 3 is 1.24 bits per heavy atom. The minimum atomic E-state index is 1.12. The van der Waals surface area contributed by atoms with Crippen LogP contribution in [-0.4, -0.2) is 0 Å². The smallest absolute Gasteiger partial charge is 0.0467 e. The highest BCUT2D eigenvalue weighted by molar-refractivity contribution is 7.27. The van der Waals surface area contributed by atoms with Crippen molar-refractivity contribution in [3.05, 3.63) is 188 Å². The van der Waals surface area contributed by atoms with Gasteiger partial charge in [-0.3, -0.25) is 0 Å². The summed E-state index contributed by atoms with van der Waals surface area (Å²) >= 11 is 3.78. The third-order valence-corrected chi connectivity index (χ3v) is 12.1. The molecule has 1 nitrogen and oxygen atoms in total. The summed E-state index contributed by atoms with van der Waals surface area (Å²) in [5, 5.41) is 5.36. The second-order valence-corrected chi connectivity index (χ2v) is 15.1. The maximum atomic E-state index is 2.41. The highest BCUT2D eigenvalue weighted by Gasteiger charge is 2.17. The van der Waals surface area contributed by atoms with E-state index in [0.29, 0.717) is 0 Å². The molecule has 0 saturated heterocycles. The first-order chi connectivity index (χ1) is 25.2. The molecule has 0 aliphatic carbocycles. The van der Waals surface area contributed by atoms with Gasteiger partial charge in [0.05, 0.1) is 0 Å². The van der Waals surface area contributed by atoms with Gasteiger partial charge in [0.15, 0.2) is 0 Å². The van der Waals surface area contributed by atoms with Gasteiger partial charge in [-0.2, -0.15) is 0 Å². The molecule has 0 unspecified atom stereocenters. The standard InChI is InChI=1S/C48H31NS2/c1-3-12-32(13-4-1)34-16-9-19-38(26-34)49(39-20-10-17-35(27-39)33-14-5-2-6-15-33)40-21-11-18-36(28-40)37-24-25-46-42(29-37)44-31-47-43(30-48(44)51-46)41-22-7-8-23-45(41)50-47/h1-31H. The van der Waals surface area contributed by atoms with Crippen LogP contribution >= 0.6 is 22.7 Å². The largest absolute Gasteiger partial charge is 0.310 e. The number of thiophene rings is 2. The van der Waals surface area contributed by atoms with Crippen LogP contribution < -0.4 is 4.90 Å². The summed E-state index contributed by atoms with van der Waals surface area (Å²) in [5.74, 6) is 0. The molecule has 0 radical (unpaired) electrons. The first-order valence-corrected chi connectivity index (χ1v) is 18.9. The number of hydrogen-bond donors (Lipinski definition) is 0. The van der Waals surface area contributed by atoms with Crippen molar-refractivity contribution >= 4 is 80.1 Å². The van der Waals surface area contributed by atoms with Crippen LogP contribution in [0.15, 0.2) is 188 Å². The van der Waals surface area contributed by atoms with Gasteiger partial charge in [-0.05, 0) is 100 Å². The molecule has 0 saturated carbocycles. The number of rotatable bonds is 6. The first kappa shape index (κ1) is 29.9. The zero-order valence-corrected chi connectivity index (χ0v) is 29.3. The van der Waals surface area contributed by atoms with Crippen LogP contribution in [0.2, 0.25) is 0 Å². The van der Waals surface area contributed by atoms with Crippen molar-refractivity contribution in [2.45, 2.75) is 0 Å². The maximum absolute atomic E-state index is 2.41. The van der Waals surface area contributed by atoms with Crippen LogP contribution in [0.1, 0.15) is 0 Å². The minimum absolute atomic E-state index is 1.12. The predicted octanol–water partition coefficient (Wildman–Crippen LogP) is 14.9. The molecule has 0 N–H and O–H groups in total. The highest BCUT2D eigenvalue weighted by atomic mass is 32.1. The molecule has 0 atom stereocenters. The molecule has 0 spiro atoms. The van der Waals surface area contributed by atoms with Crippen molar-refractivity contribution in [3.63, 3.8) is 0 Å². The molecule has 0 amide bonds. The van der Waals surface area contributed by atoms with Gasteiger partial charge in [0, 0.05) is 57.4 Å². The Labute approximate surface area is 304 Å². The summed E-state index contributed by atoms with van der Waals surface area (Å²) in [6, 6.07) is 68.6. The van der Waals surface area contributed by atoms with Crippen molar-refractivity contribution in [1.82, 2.24) is 0 Å². The fourth-order valence-corrected chi connectivity index (χ4v) is 9.59. The number of fused-ring (bicyclic) bond motifs is 6. The number of anilines is 3. The Morgan fingerprint density at radius 2 is 0.667 bits per heavy atom. The van der Waals surface area contributed by atoms with Gasteiger partial charge in [0.1, 0.15) is 0 Å². The Morgan fingerprint density at radius 1 is 0.255 bits per heavy atom. The van der Waals surface area contributed by atoms with E-state index < -0.39 is 0 Å². The minimum Gasteiger partial charge on any atom is -0.310 e. The molecule has 240 valence electrons. The van der Waals surface area contributed by atoms with E-state index in [9.17, 15) is 0 Å². The second kappa shape index (κ2) is 12.4. The van der Waals surface area contributed by atoms with E-state index in [1.165, 1.54) is 73.7 Å². The zero-order valence-electron chi connectivity index (χ0n) is 27.7. The van der Waals surface area contributed by atoms with Crippen LogP contribution in [0.5, 0.6) is 0 Å². The van der Waals surface area contributed by atoms with E-state index in [4.69, 9.17) is 0 Å². The van der Waals surface area contributed by atoms with E-state index in [1.54, 1.807) is 0 Å². The fraction of sp³-hybridized carbons (Fsp3) is 0. The van der Waals surface area contributed by atoms with E-state index >= 15 is 0 Å². The Balaban J connectivity index is 1.11. The van der Waals surface area contributed by atoms with Crippen LogP contribution in [0.3, 0.4) is 0 Å². The van der Waals surface area contributed by atoms with Gasteiger partial charge in [0.2, 0.25) is 0 Å². The highest BCUT2D eigenvalue weighted by Crippen LogP contribution is 2.44. The van der Waals surface area contributed by atoms with E-state index in [1.807, 2.05) is 22.7 Å².